The Kier molecular flexibility index (Phi) is 3.52. The first-order valence-corrected chi connectivity index (χ1v) is 7.92. The zero-order valence-electron chi connectivity index (χ0n) is 13.5. The van der Waals surface area contributed by atoms with Crippen LogP contribution >= 0.6 is 0 Å². The fourth-order valence-corrected chi connectivity index (χ4v) is 4.85. The van der Waals surface area contributed by atoms with Gasteiger partial charge in [0.25, 0.3) is 0 Å². The number of fused-ring (bicyclic) bond motifs is 2. The molecule has 3 atom stereocenters. The number of hydrogen-bond acceptors (Lipinski definition) is 2. The molecule has 0 aromatic heterocycles. The summed E-state index contributed by atoms with van der Waals surface area (Å²) in [7, 11) is 1.49. The van der Waals surface area contributed by atoms with Crippen molar-refractivity contribution in [3.63, 3.8) is 0 Å². The summed E-state index contributed by atoms with van der Waals surface area (Å²) >= 11 is 0. The lowest BCUT2D eigenvalue weighted by Crippen LogP contribution is -2.49. The van der Waals surface area contributed by atoms with E-state index in [9.17, 15) is 4.39 Å². The lowest BCUT2D eigenvalue weighted by molar-refractivity contribution is 0.108. The van der Waals surface area contributed by atoms with E-state index in [1.54, 1.807) is 12.1 Å². The second-order valence-electron chi connectivity index (χ2n) is 7.70. The van der Waals surface area contributed by atoms with E-state index in [0.717, 1.165) is 18.0 Å². The molecule has 21 heavy (non-hydrogen) atoms. The van der Waals surface area contributed by atoms with Crippen LogP contribution < -0.4 is 10.1 Å². The van der Waals surface area contributed by atoms with Crippen LogP contribution in [0.15, 0.2) is 18.2 Å². The van der Waals surface area contributed by atoms with Gasteiger partial charge in [-0.25, -0.2) is 4.39 Å². The molecular weight excluding hydrogens is 265 g/mol. The van der Waals surface area contributed by atoms with E-state index >= 15 is 0 Å². The lowest BCUT2D eigenvalue weighted by Gasteiger charge is -2.43. The van der Waals surface area contributed by atoms with Gasteiger partial charge >= 0.3 is 0 Å². The Morgan fingerprint density at radius 1 is 1.33 bits per heavy atom. The smallest absolute Gasteiger partial charge is 0.165 e. The van der Waals surface area contributed by atoms with E-state index in [1.165, 1.54) is 26.4 Å². The number of halogens is 1. The van der Waals surface area contributed by atoms with Gasteiger partial charge in [0.1, 0.15) is 0 Å². The van der Waals surface area contributed by atoms with Gasteiger partial charge in [-0.1, -0.05) is 26.8 Å². The van der Waals surface area contributed by atoms with E-state index in [1.807, 2.05) is 6.07 Å². The highest BCUT2D eigenvalue weighted by molar-refractivity contribution is 5.29. The number of methoxy groups -OCH3 is 1. The first-order valence-electron chi connectivity index (χ1n) is 7.92. The Morgan fingerprint density at radius 3 is 2.67 bits per heavy atom. The molecule has 3 unspecified atom stereocenters. The molecule has 0 heterocycles. The van der Waals surface area contributed by atoms with Gasteiger partial charge in [-0.05, 0) is 53.7 Å². The van der Waals surface area contributed by atoms with Crippen LogP contribution in [0.25, 0.3) is 0 Å². The van der Waals surface area contributed by atoms with Gasteiger partial charge in [-0.15, -0.1) is 0 Å². The van der Waals surface area contributed by atoms with Gasteiger partial charge < -0.3 is 10.1 Å². The van der Waals surface area contributed by atoms with Gasteiger partial charge in [-0.3, -0.25) is 0 Å². The van der Waals surface area contributed by atoms with Crippen molar-refractivity contribution in [3.8, 4) is 5.75 Å². The minimum Gasteiger partial charge on any atom is -0.494 e. The molecule has 3 rings (SSSR count). The van der Waals surface area contributed by atoms with Gasteiger partial charge in [0.15, 0.2) is 11.6 Å². The summed E-state index contributed by atoms with van der Waals surface area (Å²) in [6.07, 6.45) is 4.00. The standard InChI is InChI=1S/C18H26FNO/c1-17(2)13-7-8-18(3,10-13)16(17)20-11-12-5-6-15(21-4)14(19)9-12/h5-6,9,13,16,20H,7-8,10-11H2,1-4H3. The van der Waals surface area contributed by atoms with Crippen molar-refractivity contribution in [2.45, 2.75) is 52.6 Å². The van der Waals surface area contributed by atoms with Gasteiger partial charge in [-0.2, -0.15) is 0 Å². The van der Waals surface area contributed by atoms with E-state index in [-0.39, 0.29) is 5.82 Å². The highest BCUT2D eigenvalue weighted by Crippen LogP contribution is 2.62. The maximum atomic E-state index is 13.8. The number of rotatable bonds is 4. The Labute approximate surface area is 127 Å². The molecule has 2 fully saturated rings. The molecule has 0 radical (unpaired) electrons. The average Bonchev–Trinajstić information content (AvgIpc) is 2.89. The molecular formula is C18H26FNO. The Morgan fingerprint density at radius 2 is 2.10 bits per heavy atom. The minimum absolute atomic E-state index is 0.282. The third-order valence-electron chi connectivity index (χ3n) is 6.00. The van der Waals surface area contributed by atoms with Crippen molar-refractivity contribution in [1.82, 2.24) is 5.32 Å². The SMILES string of the molecule is COc1ccc(CNC2C3(C)CCC(C3)C2(C)C)cc1F. The van der Waals surface area contributed by atoms with Crippen LogP contribution in [0.4, 0.5) is 4.39 Å². The molecule has 1 aromatic rings. The predicted molar refractivity (Wildman–Crippen MR) is 82.8 cm³/mol. The number of benzene rings is 1. The van der Waals surface area contributed by atoms with Gasteiger partial charge in [0.2, 0.25) is 0 Å². The largest absolute Gasteiger partial charge is 0.494 e. The van der Waals surface area contributed by atoms with Crippen LogP contribution in [0.3, 0.4) is 0 Å². The molecule has 2 saturated carbocycles. The highest BCUT2D eigenvalue weighted by Gasteiger charge is 2.58. The Hall–Kier alpha value is -1.09. The summed E-state index contributed by atoms with van der Waals surface area (Å²) in [5.41, 5.74) is 1.72. The first-order chi connectivity index (χ1) is 9.87. The lowest BCUT2D eigenvalue weighted by atomic mass is 9.68. The molecule has 1 aromatic carbocycles. The second-order valence-corrected chi connectivity index (χ2v) is 7.70. The Balaban J connectivity index is 1.72. The van der Waals surface area contributed by atoms with Gasteiger partial charge in [0, 0.05) is 12.6 Å². The quantitative estimate of drug-likeness (QED) is 0.900. The summed E-state index contributed by atoms with van der Waals surface area (Å²) < 4.78 is 18.7. The second kappa shape index (κ2) is 4.98. The topological polar surface area (TPSA) is 21.3 Å². The highest BCUT2D eigenvalue weighted by atomic mass is 19.1. The maximum Gasteiger partial charge on any atom is 0.165 e. The molecule has 2 aliphatic rings. The molecule has 0 amide bonds. The summed E-state index contributed by atoms with van der Waals surface area (Å²) in [5, 5.41) is 3.72. The predicted octanol–water partition coefficient (Wildman–Crippen LogP) is 4.14. The van der Waals surface area contributed by atoms with Crippen molar-refractivity contribution in [2.24, 2.45) is 16.7 Å². The van der Waals surface area contributed by atoms with Crippen LogP contribution in [0.5, 0.6) is 5.75 Å². The van der Waals surface area contributed by atoms with E-state index in [2.05, 4.69) is 26.1 Å². The summed E-state index contributed by atoms with van der Waals surface area (Å²) in [6.45, 7) is 7.90. The van der Waals surface area contributed by atoms with Crippen molar-refractivity contribution in [1.29, 1.82) is 0 Å². The fraction of sp³-hybridized carbons (Fsp3) is 0.667. The van der Waals surface area contributed by atoms with E-state index in [4.69, 9.17) is 4.74 Å². The molecule has 116 valence electrons. The minimum atomic E-state index is -0.282. The third kappa shape index (κ3) is 2.36. The summed E-state index contributed by atoms with van der Waals surface area (Å²) in [6, 6.07) is 5.74. The third-order valence-corrected chi connectivity index (χ3v) is 6.00. The fourth-order valence-electron chi connectivity index (χ4n) is 4.85. The van der Waals surface area contributed by atoms with Crippen LogP contribution in [-0.2, 0) is 6.54 Å². The van der Waals surface area contributed by atoms with Crippen LogP contribution in [0.1, 0.15) is 45.6 Å². The first kappa shape index (κ1) is 14.8. The zero-order valence-corrected chi connectivity index (χ0v) is 13.5. The van der Waals surface area contributed by atoms with Crippen molar-refractivity contribution in [3.05, 3.63) is 29.6 Å². The number of hydrogen-bond donors (Lipinski definition) is 1. The summed E-state index contributed by atoms with van der Waals surface area (Å²) in [5.74, 6) is 0.855. The molecule has 3 heteroatoms. The normalized spacial score (nSPS) is 33.4. The molecule has 2 bridgehead atoms. The van der Waals surface area contributed by atoms with Crippen molar-refractivity contribution in [2.75, 3.05) is 7.11 Å². The molecule has 0 spiro atoms. The van der Waals surface area contributed by atoms with Crippen molar-refractivity contribution >= 4 is 0 Å². The average molecular weight is 291 g/mol. The van der Waals surface area contributed by atoms with Crippen LogP contribution in [0, 0.1) is 22.6 Å². The monoisotopic (exact) mass is 291 g/mol. The van der Waals surface area contributed by atoms with E-state index < -0.39 is 0 Å². The van der Waals surface area contributed by atoms with Crippen LogP contribution in [-0.4, -0.2) is 13.2 Å². The van der Waals surface area contributed by atoms with Crippen molar-refractivity contribution < 1.29 is 9.13 Å². The molecule has 0 aliphatic heterocycles. The molecule has 2 aliphatic carbocycles. The van der Waals surface area contributed by atoms with Gasteiger partial charge in [0.05, 0.1) is 7.11 Å². The maximum absolute atomic E-state index is 13.8. The molecule has 0 saturated heterocycles. The number of nitrogens with one attached hydrogen (secondary N) is 1. The number of ether oxygens (including phenoxy) is 1. The van der Waals surface area contributed by atoms with Crippen LogP contribution in [0.2, 0.25) is 0 Å². The Bertz CT molecular complexity index is 537. The summed E-state index contributed by atoms with van der Waals surface area (Å²) in [4.78, 5) is 0. The molecule has 1 N–H and O–H groups in total. The molecule has 2 nitrogen and oxygen atoms in total. The van der Waals surface area contributed by atoms with E-state index in [0.29, 0.717) is 22.6 Å². The zero-order chi connectivity index (χ0) is 15.3.